The highest BCUT2D eigenvalue weighted by molar-refractivity contribution is 7.91. The van der Waals surface area contributed by atoms with Gasteiger partial charge in [-0.15, -0.1) is 0 Å². The summed E-state index contributed by atoms with van der Waals surface area (Å²) < 4.78 is 35.6. The Bertz CT molecular complexity index is 1200. The van der Waals surface area contributed by atoms with E-state index in [-0.39, 0.29) is 34.3 Å². The van der Waals surface area contributed by atoms with Crippen LogP contribution in [0.4, 0.5) is 5.69 Å². The molecule has 0 aliphatic rings. The number of rotatable bonds is 9. The third-order valence-corrected chi connectivity index (χ3v) is 6.31. The fourth-order valence-corrected chi connectivity index (χ4v) is 3.76. The SMILES string of the molecule is CCOc1cc(C(=O)Nc2cc(S(=O)(=O)CC)ccc2O)ccc1OCc1cccnc1. The van der Waals surface area contributed by atoms with Gasteiger partial charge in [0.15, 0.2) is 21.3 Å². The second kappa shape index (κ2) is 10.1. The number of sulfone groups is 1. The van der Waals surface area contributed by atoms with Gasteiger partial charge in [0.2, 0.25) is 0 Å². The van der Waals surface area contributed by atoms with Crippen molar-refractivity contribution in [1.82, 2.24) is 4.98 Å². The van der Waals surface area contributed by atoms with E-state index in [0.29, 0.717) is 18.1 Å². The number of amides is 1. The topological polar surface area (TPSA) is 115 Å². The molecule has 3 rings (SSSR count). The van der Waals surface area contributed by atoms with Gasteiger partial charge in [-0.2, -0.15) is 0 Å². The molecule has 9 heteroatoms. The quantitative estimate of drug-likeness (QED) is 0.471. The van der Waals surface area contributed by atoms with Gasteiger partial charge >= 0.3 is 0 Å². The van der Waals surface area contributed by atoms with Crippen molar-refractivity contribution in [2.24, 2.45) is 0 Å². The van der Waals surface area contributed by atoms with Gasteiger partial charge in [0, 0.05) is 23.5 Å². The highest BCUT2D eigenvalue weighted by Crippen LogP contribution is 2.31. The number of benzene rings is 2. The fraction of sp³-hybridized carbons (Fsp3) is 0.217. The van der Waals surface area contributed by atoms with Crippen LogP contribution in [-0.4, -0.2) is 36.8 Å². The number of hydrogen-bond acceptors (Lipinski definition) is 7. The third-order valence-electron chi connectivity index (χ3n) is 4.58. The number of hydrogen-bond donors (Lipinski definition) is 2. The van der Waals surface area contributed by atoms with Crippen molar-refractivity contribution >= 4 is 21.4 Å². The van der Waals surface area contributed by atoms with Crippen LogP contribution in [0, 0.1) is 0 Å². The maximum absolute atomic E-state index is 12.8. The summed E-state index contributed by atoms with van der Waals surface area (Å²) in [6, 6.07) is 12.2. The minimum atomic E-state index is -3.49. The van der Waals surface area contributed by atoms with Crippen molar-refractivity contribution in [3.8, 4) is 17.2 Å². The van der Waals surface area contributed by atoms with Gasteiger partial charge in [0.05, 0.1) is 22.9 Å². The second-order valence-electron chi connectivity index (χ2n) is 6.78. The first-order valence-corrected chi connectivity index (χ1v) is 11.6. The molecule has 0 saturated carbocycles. The molecule has 0 spiro atoms. The smallest absolute Gasteiger partial charge is 0.255 e. The Balaban J connectivity index is 1.81. The molecule has 3 aromatic rings. The highest BCUT2D eigenvalue weighted by Gasteiger charge is 2.17. The molecule has 1 aromatic heterocycles. The first-order valence-electron chi connectivity index (χ1n) is 9.99. The van der Waals surface area contributed by atoms with E-state index >= 15 is 0 Å². The number of aromatic hydroxyl groups is 1. The fourth-order valence-electron chi connectivity index (χ4n) is 2.85. The molecule has 2 N–H and O–H groups in total. The first kappa shape index (κ1) is 23.1. The summed E-state index contributed by atoms with van der Waals surface area (Å²) in [6.07, 6.45) is 3.37. The average molecular weight is 457 g/mol. The lowest BCUT2D eigenvalue weighted by molar-refractivity contribution is 0.102. The predicted molar refractivity (Wildman–Crippen MR) is 120 cm³/mol. The van der Waals surface area contributed by atoms with Gasteiger partial charge in [-0.1, -0.05) is 13.0 Å². The minimum absolute atomic E-state index is 0.000566. The van der Waals surface area contributed by atoms with Crippen LogP contribution in [0.5, 0.6) is 17.2 Å². The molecule has 0 atom stereocenters. The van der Waals surface area contributed by atoms with Crippen molar-refractivity contribution in [1.29, 1.82) is 0 Å². The zero-order valence-corrected chi connectivity index (χ0v) is 18.6. The van der Waals surface area contributed by atoms with Gasteiger partial charge in [0.25, 0.3) is 5.91 Å². The highest BCUT2D eigenvalue weighted by atomic mass is 32.2. The summed E-state index contributed by atoms with van der Waals surface area (Å²) in [4.78, 5) is 16.8. The van der Waals surface area contributed by atoms with Gasteiger partial charge < -0.3 is 19.9 Å². The Hall–Kier alpha value is -3.59. The molecule has 1 heterocycles. The molecular weight excluding hydrogens is 432 g/mol. The molecule has 0 aliphatic carbocycles. The first-order chi connectivity index (χ1) is 15.3. The average Bonchev–Trinajstić information content (AvgIpc) is 2.80. The Morgan fingerprint density at radius 1 is 1.06 bits per heavy atom. The summed E-state index contributed by atoms with van der Waals surface area (Å²) in [5, 5.41) is 12.6. The number of aromatic nitrogens is 1. The molecule has 8 nitrogen and oxygen atoms in total. The van der Waals surface area contributed by atoms with E-state index in [0.717, 1.165) is 5.56 Å². The van der Waals surface area contributed by atoms with Crippen molar-refractivity contribution in [2.75, 3.05) is 17.7 Å². The Morgan fingerprint density at radius 2 is 1.88 bits per heavy atom. The molecule has 0 unspecified atom stereocenters. The lowest BCUT2D eigenvalue weighted by atomic mass is 10.1. The van der Waals surface area contributed by atoms with E-state index in [2.05, 4.69) is 10.3 Å². The number of nitrogens with one attached hydrogen (secondary N) is 1. The van der Waals surface area contributed by atoms with E-state index < -0.39 is 15.7 Å². The largest absolute Gasteiger partial charge is 0.506 e. The van der Waals surface area contributed by atoms with Gasteiger partial charge in [-0.05, 0) is 49.4 Å². The summed E-state index contributed by atoms with van der Waals surface area (Å²) in [6.45, 7) is 3.99. The third kappa shape index (κ3) is 5.55. The van der Waals surface area contributed by atoms with Crippen LogP contribution in [0.3, 0.4) is 0 Å². The van der Waals surface area contributed by atoms with Crippen LogP contribution in [0.1, 0.15) is 29.8 Å². The number of pyridine rings is 1. The van der Waals surface area contributed by atoms with E-state index in [1.165, 1.54) is 31.2 Å². The number of ether oxygens (including phenoxy) is 2. The molecule has 0 fully saturated rings. The van der Waals surface area contributed by atoms with E-state index in [9.17, 15) is 18.3 Å². The Morgan fingerprint density at radius 3 is 2.56 bits per heavy atom. The number of phenolic OH excluding ortho intramolecular Hbond substituents is 1. The zero-order chi connectivity index (χ0) is 23.1. The molecule has 0 bridgehead atoms. The number of phenols is 1. The van der Waals surface area contributed by atoms with Crippen LogP contribution in [0.25, 0.3) is 0 Å². The molecule has 0 saturated heterocycles. The minimum Gasteiger partial charge on any atom is -0.506 e. The zero-order valence-electron chi connectivity index (χ0n) is 17.7. The van der Waals surface area contributed by atoms with Crippen LogP contribution in [-0.2, 0) is 16.4 Å². The van der Waals surface area contributed by atoms with Crippen molar-refractivity contribution in [3.05, 3.63) is 72.1 Å². The number of carbonyl (C=O) groups is 1. The lowest BCUT2D eigenvalue weighted by Gasteiger charge is -2.14. The van der Waals surface area contributed by atoms with Crippen molar-refractivity contribution in [3.63, 3.8) is 0 Å². The molecule has 2 aromatic carbocycles. The molecule has 1 amide bonds. The number of anilines is 1. The van der Waals surface area contributed by atoms with Gasteiger partial charge in [-0.3, -0.25) is 9.78 Å². The van der Waals surface area contributed by atoms with Gasteiger partial charge in [0.1, 0.15) is 12.4 Å². The van der Waals surface area contributed by atoms with Crippen LogP contribution >= 0.6 is 0 Å². The number of nitrogens with zero attached hydrogens (tertiary/aromatic N) is 1. The standard InChI is InChI=1S/C23H24N2O6S/c1-3-30-22-12-17(7-10-21(22)31-15-16-6-5-11-24-14-16)23(27)25-19-13-18(8-9-20(19)26)32(28,29)4-2/h5-14,26H,3-4,15H2,1-2H3,(H,25,27). The van der Waals surface area contributed by atoms with E-state index in [1.54, 1.807) is 24.5 Å². The van der Waals surface area contributed by atoms with Crippen molar-refractivity contribution < 1.29 is 27.8 Å². The van der Waals surface area contributed by atoms with Crippen LogP contribution in [0.15, 0.2) is 65.8 Å². The monoisotopic (exact) mass is 456 g/mol. The molecule has 0 radical (unpaired) electrons. The van der Waals surface area contributed by atoms with Crippen molar-refractivity contribution in [2.45, 2.75) is 25.3 Å². The summed E-state index contributed by atoms with van der Waals surface area (Å²) >= 11 is 0. The maximum atomic E-state index is 12.8. The normalized spacial score (nSPS) is 11.1. The summed E-state index contributed by atoms with van der Waals surface area (Å²) in [5.74, 6) is -0.0219. The Labute approximate surface area is 186 Å². The lowest BCUT2D eigenvalue weighted by Crippen LogP contribution is -2.13. The Kier molecular flexibility index (Phi) is 7.32. The molecular formula is C23H24N2O6S. The second-order valence-corrected chi connectivity index (χ2v) is 9.06. The maximum Gasteiger partial charge on any atom is 0.255 e. The van der Waals surface area contributed by atoms with Crippen LogP contribution in [0.2, 0.25) is 0 Å². The molecule has 0 aliphatic heterocycles. The summed E-state index contributed by atoms with van der Waals surface area (Å²) in [7, 11) is -3.49. The molecule has 32 heavy (non-hydrogen) atoms. The summed E-state index contributed by atoms with van der Waals surface area (Å²) in [5.41, 5.74) is 1.14. The predicted octanol–water partition coefficient (Wildman–Crippen LogP) is 3.81. The van der Waals surface area contributed by atoms with E-state index in [4.69, 9.17) is 9.47 Å². The van der Waals surface area contributed by atoms with Gasteiger partial charge in [-0.25, -0.2) is 8.42 Å². The number of carbonyl (C=O) groups excluding carboxylic acids is 1. The molecule has 168 valence electrons. The van der Waals surface area contributed by atoms with Crippen LogP contribution < -0.4 is 14.8 Å². The van der Waals surface area contributed by atoms with E-state index in [1.807, 2.05) is 19.1 Å².